The van der Waals surface area contributed by atoms with Crippen molar-refractivity contribution in [2.45, 2.75) is 18.2 Å². The molecule has 1 aromatic heterocycles. The molecule has 0 spiro atoms. The van der Waals surface area contributed by atoms with E-state index in [1.54, 1.807) is 6.92 Å². The number of aryl methyl sites for hydroxylation is 1. The molecule has 1 fully saturated rings. The van der Waals surface area contributed by atoms with E-state index in [4.69, 9.17) is 5.73 Å². The van der Waals surface area contributed by atoms with Crippen molar-refractivity contribution in [2.75, 3.05) is 36.8 Å². The highest BCUT2D eigenvalue weighted by Crippen LogP contribution is 2.25. The summed E-state index contributed by atoms with van der Waals surface area (Å²) in [7, 11) is -3.77. The Hall–Kier alpha value is -2.26. The number of nitrogens with two attached hydrogens (primary N) is 1. The van der Waals surface area contributed by atoms with Crippen molar-refractivity contribution in [1.29, 1.82) is 0 Å². The summed E-state index contributed by atoms with van der Waals surface area (Å²) in [5.74, 6) is -1.86. The molecule has 1 saturated heterocycles. The van der Waals surface area contributed by atoms with Crippen LogP contribution in [-0.2, 0) is 10.0 Å². The van der Waals surface area contributed by atoms with E-state index in [-0.39, 0.29) is 17.3 Å². The number of hydrogen-bond donors (Lipinski definition) is 1. The van der Waals surface area contributed by atoms with Gasteiger partial charge in [-0.3, -0.25) is 0 Å². The zero-order valence-electron chi connectivity index (χ0n) is 14.3. The fraction of sp³-hybridized carbons (Fsp3) is 0.353. The molecule has 0 aliphatic carbocycles. The molecule has 0 bridgehead atoms. The largest absolute Gasteiger partial charge is 0.383 e. The SMILES string of the molecule is Cc1cnc(N)c(S(=O)(=O)N2CCCN(c3ccc(F)c(F)c3)CC2)c1. The maximum Gasteiger partial charge on any atom is 0.246 e. The first-order chi connectivity index (χ1) is 12.3. The van der Waals surface area contributed by atoms with Gasteiger partial charge in [0.2, 0.25) is 10.0 Å². The minimum atomic E-state index is -3.77. The van der Waals surface area contributed by atoms with E-state index in [0.717, 1.165) is 12.1 Å². The van der Waals surface area contributed by atoms with Crippen LogP contribution in [0, 0.1) is 18.6 Å². The third kappa shape index (κ3) is 3.63. The van der Waals surface area contributed by atoms with Gasteiger partial charge in [-0.25, -0.2) is 22.2 Å². The Morgan fingerprint density at radius 2 is 1.85 bits per heavy atom. The maximum absolute atomic E-state index is 13.5. The summed E-state index contributed by atoms with van der Waals surface area (Å²) in [6, 6.07) is 5.20. The van der Waals surface area contributed by atoms with Crippen molar-refractivity contribution in [3.63, 3.8) is 0 Å². The second-order valence-corrected chi connectivity index (χ2v) is 8.15. The summed E-state index contributed by atoms with van der Waals surface area (Å²) in [5, 5.41) is 0. The van der Waals surface area contributed by atoms with E-state index < -0.39 is 21.7 Å². The zero-order valence-corrected chi connectivity index (χ0v) is 15.1. The Morgan fingerprint density at radius 3 is 2.58 bits per heavy atom. The molecule has 0 radical (unpaired) electrons. The minimum absolute atomic E-state index is 0.00113. The van der Waals surface area contributed by atoms with Crippen molar-refractivity contribution >= 4 is 21.5 Å². The molecule has 1 aliphatic heterocycles. The monoisotopic (exact) mass is 382 g/mol. The predicted octanol–water partition coefficient (Wildman–Crippen LogP) is 2.15. The summed E-state index contributed by atoms with van der Waals surface area (Å²) in [4.78, 5) is 5.77. The lowest BCUT2D eigenvalue weighted by molar-refractivity contribution is 0.433. The number of aromatic nitrogens is 1. The summed E-state index contributed by atoms with van der Waals surface area (Å²) < 4.78 is 53.8. The molecule has 9 heteroatoms. The van der Waals surface area contributed by atoms with Crippen LogP contribution in [0.15, 0.2) is 35.4 Å². The van der Waals surface area contributed by atoms with E-state index in [1.165, 1.54) is 22.6 Å². The lowest BCUT2D eigenvalue weighted by Crippen LogP contribution is -2.35. The van der Waals surface area contributed by atoms with Crippen LogP contribution in [0.2, 0.25) is 0 Å². The van der Waals surface area contributed by atoms with Crippen LogP contribution in [0.4, 0.5) is 20.3 Å². The predicted molar refractivity (Wildman–Crippen MR) is 95.3 cm³/mol. The molecule has 2 aromatic rings. The van der Waals surface area contributed by atoms with E-state index in [0.29, 0.717) is 37.3 Å². The van der Waals surface area contributed by atoms with Gasteiger partial charge in [-0.05, 0) is 37.1 Å². The first-order valence-corrected chi connectivity index (χ1v) is 9.65. The van der Waals surface area contributed by atoms with Crippen molar-refractivity contribution in [3.8, 4) is 0 Å². The Morgan fingerprint density at radius 1 is 1.08 bits per heavy atom. The van der Waals surface area contributed by atoms with E-state index in [9.17, 15) is 17.2 Å². The Bertz CT molecular complexity index is 921. The molecule has 140 valence electrons. The minimum Gasteiger partial charge on any atom is -0.383 e. The van der Waals surface area contributed by atoms with Gasteiger partial charge in [0.1, 0.15) is 10.7 Å². The molecule has 0 atom stereocenters. The third-order valence-electron chi connectivity index (χ3n) is 4.36. The maximum atomic E-state index is 13.5. The number of anilines is 2. The second kappa shape index (κ2) is 7.16. The number of pyridine rings is 1. The molecule has 6 nitrogen and oxygen atoms in total. The number of sulfonamides is 1. The van der Waals surface area contributed by atoms with Crippen LogP contribution >= 0.6 is 0 Å². The average molecular weight is 382 g/mol. The van der Waals surface area contributed by atoms with Crippen molar-refractivity contribution in [1.82, 2.24) is 9.29 Å². The van der Waals surface area contributed by atoms with Crippen molar-refractivity contribution in [3.05, 3.63) is 47.7 Å². The van der Waals surface area contributed by atoms with Crippen LogP contribution in [0.25, 0.3) is 0 Å². The number of nitrogens with zero attached hydrogens (tertiary/aromatic N) is 3. The molecule has 0 saturated carbocycles. The van der Waals surface area contributed by atoms with Gasteiger partial charge < -0.3 is 10.6 Å². The highest BCUT2D eigenvalue weighted by Gasteiger charge is 2.29. The van der Waals surface area contributed by atoms with Crippen molar-refractivity contribution in [2.24, 2.45) is 0 Å². The molecule has 3 rings (SSSR count). The fourth-order valence-corrected chi connectivity index (χ4v) is 4.59. The zero-order chi connectivity index (χ0) is 18.9. The van der Waals surface area contributed by atoms with Gasteiger partial charge in [0.25, 0.3) is 0 Å². The number of hydrogen-bond acceptors (Lipinski definition) is 5. The Kier molecular flexibility index (Phi) is 5.10. The van der Waals surface area contributed by atoms with Crippen LogP contribution in [0.3, 0.4) is 0 Å². The summed E-state index contributed by atoms with van der Waals surface area (Å²) >= 11 is 0. The summed E-state index contributed by atoms with van der Waals surface area (Å²) in [6.45, 7) is 3.19. The average Bonchev–Trinajstić information content (AvgIpc) is 2.86. The Balaban J connectivity index is 1.81. The van der Waals surface area contributed by atoms with Gasteiger partial charge in [-0.15, -0.1) is 0 Å². The first kappa shape index (κ1) is 18.5. The Labute approximate surface area is 151 Å². The van der Waals surface area contributed by atoms with Gasteiger partial charge in [0, 0.05) is 44.1 Å². The summed E-state index contributed by atoms with van der Waals surface area (Å²) in [6.07, 6.45) is 2.07. The number of rotatable bonds is 3. The molecule has 2 heterocycles. The molecule has 0 unspecified atom stereocenters. The normalized spacial score (nSPS) is 16.5. The van der Waals surface area contributed by atoms with E-state index in [2.05, 4.69) is 4.98 Å². The molecule has 26 heavy (non-hydrogen) atoms. The van der Waals surface area contributed by atoms with Crippen LogP contribution in [0.1, 0.15) is 12.0 Å². The lowest BCUT2D eigenvalue weighted by atomic mass is 10.2. The molecule has 1 aromatic carbocycles. The number of benzene rings is 1. The second-order valence-electron chi connectivity index (χ2n) is 6.24. The van der Waals surface area contributed by atoms with Crippen LogP contribution in [-0.4, -0.2) is 43.9 Å². The number of nitrogen functional groups attached to an aromatic ring is 1. The molecule has 2 N–H and O–H groups in total. The number of halogens is 2. The molecule has 0 amide bonds. The molecular weight excluding hydrogens is 362 g/mol. The first-order valence-electron chi connectivity index (χ1n) is 8.21. The lowest BCUT2D eigenvalue weighted by Gasteiger charge is -2.24. The van der Waals surface area contributed by atoms with Gasteiger partial charge in [0.05, 0.1) is 0 Å². The van der Waals surface area contributed by atoms with Gasteiger partial charge in [-0.2, -0.15) is 4.31 Å². The van der Waals surface area contributed by atoms with Gasteiger partial charge >= 0.3 is 0 Å². The van der Waals surface area contributed by atoms with E-state index in [1.807, 2.05) is 4.90 Å². The standard InChI is InChI=1S/C17H20F2N4O2S/c1-12-9-16(17(20)21-11-12)26(24,25)23-6-2-5-22(7-8-23)13-3-4-14(18)15(19)10-13/h3-4,9-11H,2,5-8H2,1H3,(H2,20,21). The quantitative estimate of drug-likeness (QED) is 0.880. The highest BCUT2D eigenvalue weighted by molar-refractivity contribution is 7.89. The summed E-state index contributed by atoms with van der Waals surface area (Å²) in [5.41, 5.74) is 7.00. The smallest absolute Gasteiger partial charge is 0.246 e. The highest BCUT2D eigenvalue weighted by atomic mass is 32.2. The van der Waals surface area contributed by atoms with Gasteiger partial charge in [-0.1, -0.05) is 0 Å². The van der Waals surface area contributed by atoms with E-state index >= 15 is 0 Å². The third-order valence-corrected chi connectivity index (χ3v) is 6.29. The molecular formula is C17H20F2N4O2S. The fourth-order valence-electron chi connectivity index (χ4n) is 2.97. The van der Waals surface area contributed by atoms with Crippen molar-refractivity contribution < 1.29 is 17.2 Å². The van der Waals surface area contributed by atoms with Crippen LogP contribution in [0.5, 0.6) is 0 Å². The topological polar surface area (TPSA) is 79.5 Å². The van der Waals surface area contributed by atoms with Gasteiger partial charge in [0.15, 0.2) is 11.6 Å². The molecule has 1 aliphatic rings. The van der Waals surface area contributed by atoms with Crippen LogP contribution < -0.4 is 10.6 Å².